The molecule has 0 bridgehead atoms. The van der Waals surface area contributed by atoms with Gasteiger partial charge in [-0.15, -0.1) is 0 Å². The number of fused-ring (bicyclic) bond motifs is 1. The number of hydrogen-bond acceptors (Lipinski definition) is 7. The van der Waals surface area contributed by atoms with Gasteiger partial charge in [-0.2, -0.15) is 0 Å². The Morgan fingerprint density at radius 1 is 0.714 bits per heavy atom. The van der Waals surface area contributed by atoms with Crippen LogP contribution in [0.1, 0.15) is 56.4 Å². The summed E-state index contributed by atoms with van der Waals surface area (Å²) in [4.78, 5) is 14.4. The molecule has 5 aromatic rings. The molecular weight excluding hydrogens is 528 g/mol. The number of phenols is 4. The van der Waals surface area contributed by atoms with E-state index in [1.54, 1.807) is 26.0 Å². The summed E-state index contributed by atoms with van der Waals surface area (Å²) in [7, 11) is 0. The summed E-state index contributed by atoms with van der Waals surface area (Å²) in [6, 6.07) is 14.3. The van der Waals surface area contributed by atoms with Gasteiger partial charge in [0.25, 0.3) is 0 Å². The third-order valence-corrected chi connectivity index (χ3v) is 8.36. The Hall–Kier alpha value is -4.59. The smallest absolute Gasteiger partial charge is 0.167 e. The topological polar surface area (TPSA) is 125 Å². The zero-order valence-electron chi connectivity index (χ0n) is 24.8. The molecule has 5 rings (SSSR count). The van der Waals surface area contributed by atoms with Crippen LogP contribution in [-0.2, 0) is 6.54 Å². The van der Waals surface area contributed by atoms with Crippen LogP contribution in [0.2, 0.25) is 0 Å². The first kappa shape index (κ1) is 28.9. The van der Waals surface area contributed by atoms with E-state index in [4.69, 9.17) is 9.97 Å². The summed E-state index contributed by atoms with van der Waals surface area (Å²) >= 11 is 0. The van der Waals surface area contributed by atoms with Crippen molar-refractivity contribution in [3.8, 4) is 57.2 Å². The fourth-order valence-corrected chi connectivity index (χ4v) is 5.59. The number of unbranched alkanes of at least 4 members (excludes halogenated alkanes) is 1. The van der Waals surface area contributed by atoms with E-state index in [1.807, 2.05) is 12.1 Å². The number of phenolic OH excluding ortho intramolecular Hbond substituents is 4. The van der Waals surface area contributed by atoms with E-state index >= 15 is 0 Å². The average molecular weight is 567 g/mol. The van der Waals surface area contributed by atoms with Crippen molar-refractivity contribution >= 4 is 10.9 Å². The van der Waals surface area contributed by atoms with E-state index in [-0.39, 0.29) is 34.6 Å². The Labute approximate surface area is 246 Å². The van der Waals surface area contributed by atoms with E-state index in [1.165, 1.54) is 18.6 Å². The second-order valence-electron chi connectivity index (χ2n) is 11.0. The van der Waals surface area contributed by atoms with Gasteiger partial charge >= 0.3 is 0 Å². The summed E-state index contributed by atoms with van der Waals surface area (Å²) in [5.41, 5.74) is 4.25. The van der Waals surface area contributed by atoms with Crippen LogP contribution >= 0.6 is 0 Å². The van der Waals surface area contributed by atoms with E-state index in [2.05, 4.69) is 42.5 Å². The first-order valence-corrected chi connectivity index (χ1v) is 14.5. The second-order valence-corrected chi connectivity index (χ2v) is 11.0. The van der Waals surface area contributed by atoms with Crippen molar-refractivity contribution in [2.45, 2.75) is 66.8 Å². The molecule has 0 amide bonds. The predicted octanol–water partition coefficient (Wildman–Crippen LogP) is 7.79. The molecule has 0 spiro atoms. The molecule has 0 saturated carbocycles. The SMILES string of the molecule is CCCCC(CC)Cn1c(C)c(-c2nc(-c3ccc(O)c(C)c3O)nc(-c3ccc(O)c(C)c3O)n2)c2ccccc21. The molecule has 42 heavy (non-hydrogen) atoms. The fraction of sp³-hybridized carbons (Fsp3) is 0.324. The third-order valence-electron chi connectivity index (χ3n) is 8.36. The van der Waals surface area contributed by atoms with E-state index in [0.29, 0.717) is 34.0 Å². The molecule has 0 radical (unpaired) electrons. The molecule has 8 heteroatoms. The molecule has 0 aliphatic carbocycles. The number of para-hydroxylation sites is 1. The largest absolute Gasteiger partial charge is 0.508 e. The van der Waals surface area contributed by atoms with Crippen molar-refractivity contribution in [1.82, 2.24) is 19.5 Å². The maximum absolute atomic E-state index is 11.0. The minimum absolute atomic E-state index is 0.0370. The minimum Gasteiger partial charge on any atom is -0.508 e. The van der Waals surface area contributed by atoms with Crippen LogP contribution in [0.5, 0.6) is 23.0 Å². The highest BCUT2D eigenvalue weighted by molar-refractivity contribution is 5.97. The van der Waals surface area contributed by atoms with Crippen LogP contribution in [0.15, 0.2) is 48.5 Å². The van der Waals surface area contributed by atoms with Crippen molar-refractivity contribution in [3.63, 3.8) is 0 Å². The normalized spacial score (nSPS) is 12.2. The van der Waals surface area contributed by atoms with Crippen molar-refractivity contribution in [2.24, 2.45) is 5.92 Å². The van der Waals surface area contributed by atoms with E-state index < -0.39 is 0 Å². The van der Waals surface area contributed by atoms with E-state index in [0.717, 1.165) is 48.0 Å². The van der Waals surface area contributed by atoms with Gasteiger partial charge in [0, 0.05) is 39.8 Å². The van der Waals surface area contributed by atoms with Gasteiger partial charge in [-0.05, 0) is 63.4 Å². The van der Waals surface area contributed by atoms with Gasteiger partial charge in [0.1, 0.15) is 23.0 Å². The van der Waals surface area contributed by atoms with Gasteiger partial charge < -0.3 is 25.0 Å². The maximum atomic E-state index is 11.0. The zero-order valence-corrected chi connectivity index (χ0v) is 24.8. The molecule has 1 unspecified atom stereocenters. The Morgan fingerprint density at radius 3 is 1.81 bits per heavy atom. The average Bonchev–Trinajstić information content (AvgIpc) is 3.27. The quantitative estimate of drug-likeness (QED) is 0.143. The number of hydrogen-bond donors (Lipinski definition) is 4. The van der Waals surface area contributed by atoms with Crippen LogP contribution in [0.3, 0.4) is 0 Å². The Balaban J connectivity index is 1.78. The lowest BCUT2D eigenvalue weighted by molar-refractivity contribution is 0.393. The van der Waals surface area contributed by atoms with Gasteiger partial charge in [-0.1, -0.05) is 51.3 Å². The first-order chi connectivity index (χ1) is 20.2. The van der Waals surface area contributed by atoms with Gasteiger partial charge in [-0.3, -0.25) is 0 Å². The van der Waals surface area contributed by atoms with Crippen LogP contribution in [0.25, 0.3) is 45.1 Å². The Bertz CT molecular complexity index is 1700. The Kier molecular flexibility index (Phi) is 8.07. The van der Waals surface area contributed by atoms with Crippen molar-refractivity contribution < 1.29 is 20.4 Å². The first-order valence-electron chi connectivity index (χ1n) is 14.5. The lowest BCUT2D eigenvalue weighted by atomic mass is 9.99. The molecule has 0 aliphatic heterocycles. The summed E-state index contributed by atoms with van der Waals surface area (Å²) in [5.74, 6) is 0.993. The highest BCUT2D eigenvalue weighted by atomic mass is 16.3. The zero-order chi connectivity index (χ0) is 30.1. The van der Waals surface area contributed by atoms with Gasteiger partial charge in [0.15, 0.2) is 17.5 Å². The highest BCUT2D eigenvalue weighted by Crippen LogP contribution is 2.41. The molecule has 2 aromatic heterocycles. The fourth-order valence-electron chi connectivity index (χ4n) is 5.59. The summed E-state index contributed by atoms with van der Waals surface area (Å²) in [6.07, 6.45) is 4.60. The standard InChI is InChI=1S/C34H38N4O4/c1-6-8-11-22(7-2)18-38-21(5)29(23-12-9-10-13-26(23)38)34-36-32(24-14-16-27(39)19(3)30(24)41)35-33(37-34)25-15-17-28(40)20(4)31(25)42/h9-10,12-17,22,39-42H,6-8,11,18H2,1-5H3. The van der Waals surface area contributed by atoms with Crippen molar-refractivity contribution in [1.29, 1.82) is 0 Å². The predicted molar refractivity (Wildman–Crippen MR) is 166 cm³/mol. The summed E-state index contributed by atoms with van der Waals surface area (Å²) in [6.45, 7) is 10.7. The van der Waals surface area contributed by atoms with Crippen molar-refractivity contribution in [3.05, 3.63) is 65.4 Å². The molecule has 0 saturated heterocycles. The van der Waals surface area contributed by atoms with Crippen LogP contribution in [0, 0.1) is 26.7 Å². The molecule has 3 aromatic carbocycles. The van der Waals surface area contributed by atoms with Gasteiger partial charge in [-0.25, -0.2) is 15.0 Å². The molecular formula is C34H38N4O4. The second kappa shape index (κ2) is 11.7. The maximum Gasteiger partial charge on any atom is 0.167 e. The molecule has 2 heterocycles. The number of nitrogens with zero attached hydrogens (tertiary/aromatic N) is 4. The lowest BCUT2D eigenvalue weighted by Crippen LogP contribution is -2.11. The van der Waals surface area contributed by atoms with Crippen LogP contribution in [0.4, 0.5) is 0 Å². The van der Waals surface area contributed by atoms with Crippen molar-refractivity contribution in [2.75, 3.05) is 0 Å². The summed E-state index contributed by atoms with van der Waals surface area (Å²) < 4.78 is 2.35. The third kappa shape index (κ3) is 5.13. The molecule has 218 valence electrons. The molecule has 1 atom stereocenters. The number of aromatic hydroxyl groups is 4. The molecule has 4 N–H and O–H groups in total. The number of aromatic nitrogens is 4. The number of benzene rings is 3. The van der Waals surface area contributed by atoms with E-state index in [9.17, 15) is 20.4 Å². The highest BCUT2D eigenvalue weighted by Gasteiger charge is 2.24. The lowest BCUT2D eigenvalue weighted by Gasteiger charge is -2.18. The summed E-state index contributed by atoms with van der Waals surface area (Å²) in [5, 5.41) is 43.3. The monoisotopic (exact) mass is 566 g/mol. The van der Waals surface area contributed by atoms with Crippen LogP contribution in [-0.4, -0.2) is 39.9 Å². The minimum atomic E-state index is -0.134. The molecule has 0 fully saturated rings. The number of rotatable bonds is 9. The Morgan fingerprint density at radius 2 is 1.26 bits per heavy atom. The van der Waals surface area contributed by atoms with Gasteiger partial charge in [0.05, 0.1) is 11.1 Å². The van der Waals surface area contributed by atoms with Crippen LogP contribution < -0.4 is 0 Å². The molecule has 0 aliphatic rings. The van der Waals surface area contributed by atoms with Gasteiger partial charge in [0.2, 0.25) is 0 Å². The molecule has 8 nitrogen and oxygen atoms in total.